The predicted octanol–water partition coefficient (Wildman–Crippen LogP) is 2.94. The van der Waals surface area contributed by atoms with E-state index < -0.39 is 10.0 Å². The Morgan fingerprint density at radius 2 is 1.81 bits per heavy atom. The highest BCUT2D eigenvalue weighted by molar-refractivity contribution is 7.99. The first kappa shape index (κ1) is 23.3. The SMILES string of the molecule is COCCn1c(COc2ccccc2-c2ccccc2)nnc1SCCCS(N)(=O)=O. The van der Waals surface area contributed by atoms with E-state index in [9.17, 15) is 8.42 Å². The number of nitrogens with two attached hydrogens (primary N) is 1. The van der Waals surface area contributed by atoms with E-state index in [-0.39, 0.29) is 12.4 Å². The van der Waals surface area contributed by atoms with Gasteiger partial charge in [0.1, 0.15) is 12.4 Å². The maximum atomic E-state index is 11.1. The van der Waals surface area contributed by atoms with E-state index in [1.165, 1.54) is 11.8 Å². The van der Waals surface area contributed by atoms with Crippen molar-refractivity contribution >= 4 is 21.8 Å². The van der Waals surface area contributed by atoms with E-state index >= 15 is 0 Å². The largest absolute Gasteiger partial charge is 0.485 e. The molecule has 3 aromatic rings. The average molecular weight is 463 g/mol. The molecule has 1 aromatic heterocycles. The molecule has 0 aliphatic carbocycles. The van der Waals surface area contributed by atoms with Gasteiger partial charge in [-0.3, -0.25) is 0 Å². The summed E-state index contributed by atoms with van der Waals surface area (Å²) in [4.78, 5) is 0. The van der Waals surface area contributed by atoms with Crippen molar-refractivity contribution in [2.45, 2.75) is 24.7 Å². The Kier molecular flexibility index (Phi) is 8.47. The minimum Gasteiger partial charge on any atom is -0.485 e. The fourth-order valence-corrected chi connectivity index (χ4v) is 4.61. The Balaban J connectivity index is 1.71. The third-order valence-corrected chi connectivity index (χ3v) is 6.36. The van der Waals surface area contributed by atoms with E-state index in [2.05, 4.69) is 10.2 Å². The minimum absolute atomic E-state index is 0.0571. The molecule has 0 saturated carbocycles. The number of hydrogen-bond acceptors (Lipinski definition) is 7. The molecule has 0 bridgehead atoms. The van der Waals surface area contributed by atoms with Crippen LogP contribution in [-0.4, -0.2) is 48.4 Å². The molecule has 10 heteroatoms. The zero-order valence-electron chi connectivity index (χ0n) is 17.3. The Morgan fingerprint density at radius 1 is 1.06 bits per heavy atom. The quantitative estimate of drug-likeness (QED) is 0.325. The number of para-hydroxylation sites is 1. The van der Waals surface area contributed by atoms with E-state index in [0.29, 0.717) is 36.3 Å². The zero-order valence-corrected chi connectivity index (χ0v) is 18.9. The second kappa shape index (κ2) is 11.3. The van der Waals surface area contributed by atoms with Crippen molar-refractivity contribution in [3.8, 4) is 16.9 Å². The number of aromatic nitrogens is 3. The summed E-state index contributed by atoms with van der Waals surface area (Å²) >= 11 is 1.44. The van der Waals surface area contributed by atoms with Gasteiger partial charge in [-0.05, 0) is 18.1 Å². The molecule has 0 amide bonds. The Bertz CT molecular complexity index is 1070. The number of nitrogens with zero attached hydrogens (tertiary/aromatic N) is 3. The number of thioether (sulfide) groups is 1. The van der Waals surface area contributed by atoms with Gasteiger partial charge in [0, 0.05) is 25.0 Å². The number of sulfonamides is 1. The second-order valence-electron chi connectivity index (χ2n) is 6.76. The summed E-state index contributed by atoms with van der Waals surface area (Å²) < 4.78 is 35.5. The van der Waals surface area contributed by atoms with Crippen LogP contribution in [0.15, 0.2) is 59.8 Å². The predicted molar refractivity (Wildman–Crippen MR) is 121 cm³/mol. The van der Waals surface area contributed by atoms with Gasteiger partial charge in [-0.2, -0.15) is 0 Å². The van der Waals surface area contributed by atoms with Crippen molar-refractivity contribution in [1.29, 1.82) is 0 Å². The highest BCUT2D eigenvalue weighted by Gasteiger charge is 2.15. The lowest BCUT2D eigenvalue weighted by Crippen LogP contribution is -2.17. The van der Waals surface area contributed by atoms with Gasteiger partial charge >= 0.3 is 0 Å². The van der Waals surface area contributed by atoms with Crippen LogP contribution in [0.25, 0.3) is 11.1 Å². The molecule has 0 saturated heterocycles. The van der Waals surface area contributed by atoms with E-state index in [1.807, 2.05) is 59.2 Å². The van der Waals surface area contributed by atoms with E-state index in [0.717, 1.165) is 16.9 Å². The Morgan fingerprint density at radius 3 is 2.55 bits per heavy atom. The summed E-state index contributed by atoms with van der Waals surface area (Å²) in [5.41, 5.74) is 2.08. The van der Waals surface area contributed by atoms with Gasteiger partial charge in [0.05, 0.1) is 12.4 Å². The molecule has 0 unspecified atom stereocenters. The summed E-state index contributed by atoms with van der Waals surface area (Å²) in [5.74, 6) is 1.95. The van der Waals surface area contributed by atoms with Gasteiger partial charge in [-0.15, -0.1) is 10.2 Å². The maximum absolute atomic E-state index is 11.1. The topological polar surface area (TPSA) is 109 Å². The van der Waals surface area contributed by atoms with Crippen LogP contribution in [0.5, 0.6) is 5.75 Å². The monoisotopic (exact) mass is 462 g/mol. The molecule has 0 radical (unpaired) electrons. The maximum Gasteiger partial charge on any atom is 0.209 e. The number of methoxy groups -OCH3 is 1. The summed E-state index contributed by atoms with van der Waals surface area (Å²) in [6.45, 7) is 1.31. The Hall–Kier alpha value is -2.40. The van der Waals surface area contributed by atoms with Crippen LogP contribution in [0.2, 0.25) is 0 Å². The molecule has 0 atom stereocenters. The summed E-state index contributed by atoms with van der Waals surface area (Å²) in [5, 5.41) is 14.3. The first-order valence-corrected chi connectivity index (χ1v) is 12.5. The molecule has 1 heterocycles. The van der Waals surface area contributed by atoms with Crippen molar-refractivity contribution < 1.29 is 17.9 Å². The lowest BCUT2D eigenvalue weighted by atomic mass is 10.1. The first-order valence-electron chi connectivity index (χ1n) is 9.79. The minimum atomic E-state index is -3.46. The van der Waals surface area contributed by atoms with Gasteiger partial charge in [0.2, 0.25) is 10.0 Å². The van der Waals surface area contributed by atoms with Crippen molar-refractivity contribution in [2.75, 3.05) is 25.2 Å². The normalized spacial score (nSPS) is 11.5. The van der Waals surface area contributed by atoms with Crippen LogP contribution in [0.1, 0.15) is 12.2 Å². The van der Waals surface area contributed by atoms with Crippen LogP contribution in [-0.2, 0) is 27.9 Å². The molecule has 0 spiro atoms. The van der Waals surface area contributed by atoms with Crippen LogP contribution in [0.3, 0.4) is 0 Å². The molecule has 0 aliphatic heterocycles. The molecular weight excluding hydrogens is 436 g/mol. The second-order valence-corrected chi connectivity index (χ2v) is 9.56. The van der Waals surface area contributed by atoms with Gasteiger partial charge in [-0.25, -0.2) is 13.6 Å². The van der Waals surface area contributed by atoms with E-state index in [4.69, 9.17) is 14.6 Å². The molecule has 8 nitrogen and oxygen atoms in total. The molecule has 31 heavy (non-hydrogen) atoms. The lowest BCUT2D eigenvalue weighted by Gasteiger charge is -2.13. The third kappa shape index (κ3) is 7.06. The number of benzene rings is 2. The highest BCUT2D eigenvalue weighted by Crippen LogP contribution is 2.30. The van der Waals surface area contributed by atoms with Gasteiger partial charge in [0.15, 0.2) is 11.0 Å². The molecule has 0 aliphatic rings. The van der Waals surface area contributed by atoms with E-state index in [1.54, 1.807) is 7.11 Å². The Labute approximate surface area is 186 Å². The van der Waals surface area contributed by atoms with Crippen LogP contribution < -0.4 is 9.88 Å². The van der Waals surface area contributed by atoms with Crippen LogP contribution in [0, 0.1) is 0 Å². The molecule has 166 valence electrons. The zero-order chi connectivity index (χ0) is 22.1. The molecule has 2 aromatic carbocycles. The fourth-order valence-electron chi connectivity index (χ4n) is 2.95. The van der Waals surface area contributed by atoms with Crippen molar-refractivity contribution in [3.63, 3.8) is 0 Å². The standard InChI is InChI=1S/C21H26N4O4S2/c1-28-13-12-25-20(23-24-21(25)30-14-7-15-31(22,26)27)16-29-19-11-6-5-10-18(19)17-8-3-2-4-9-17/h2-6,8-11H,7,12-16H2,1H3,(H2,22,26,27). The van der Waals surface area contributed by atoms with Gasteiger partial charge in [-0.1, -0.05) is 60.3 Å². The molecule has 2 N–H and O–H groups in total. The van der Waals surface area contributed by atoms with Crippen LogP contribution >= 0.6 is 11.8 Å². The van der Waals surface area contributed by atoms with Crippen molar-refractivity contribution in [2.24, 2.45) is 5.14 Å². The number of hydrogen-bond donors (Lipinski definition) is 1. The van der Waals surface area contributed by atoms with Gasteiger partial charge in [0.25, 0.3) is 0 Å². The number of ether oxygens (including phenoxy) is 2. The summed E-state index contributed by atoms with van der Waals surface area (Å²) in [7, 11) is -1.83. The first-order chi connectivity index (χ1) is 15.0. The van der Waals surface area contributed by atoms with Crippen molar-refractivity contribution in [3.05, 3.63) is 60.4 Å². The lowest BCUT2D eigenvalue weighted by molar-refractivity contribution is 0.181. The molecule has 0 fully saturated rings. The average Bonchev–Trinajstić information content (AvgIpc) is 3.15. The van der Waals surface area contributed by atoms with Gasteiger partial charge < -0.3 is 14.0 Å². The smallest absolute Gasteiger partial charge is 0.209 e. The third-order valence-electron chi connectivity index (χ3n) is 4.45. The van der Waals surface area contributed by atoms with Crippen LogP contribution in [0.4, 0.5) is 0 Å². The summed E-state index contributed by atoms with van der Waals surface area (Å²) in [6, 6.07) is 17.9. The molecular formula is C21H26N4O4S2. The summed E-state index contributed by atoms with van der Waals surface area (Å²) in [6.07, 6.45) is 0.441. The highest BCUT2D eigenvalue weighted by atomic mass is 32.2. The number of rotatable bonds is 12. The molecule has 3 rings (SSSR count). The number of primary sulfonamides is 1. The van der Waals surface area contributed by atoms with Crippen molar-refractivity contribution in [1.82, 2.24) is 14.8 Å². The fraction of sp³-hybridized carbons (Fsp3) is 0.333.